The molecule has 0 heterocycles. The van der Waals surface area contributed by atoms with E-state index in [4.69, 9.17) is 14.6 Å². The Balaban J connectivity index is 2.48. The topological polar surface area (TPSA) is 125 Å². The van der Waals surface area contributed by atoms with Crippen molar-refractivity contribution in [2.75, 3.05) is 26.8 Å². The number of hydrogen-bond donors (Lipinski definition) is 3. The SMILES string of the molecule is CCC(=O)N(CCC(C)C)[C@@H]1CC(C(=O)NCCO)=C[C@H](Oc2c(I)cc(C=O)cc2OC)[C@H]1O. The Morgan fingerprint density at radius 1 is 1.34 bits per heavy atom. The van der Waals surface area contributed by atoms with Gasteiger partial charge in [0.1, 0.15) is 18.5 Å². The molecule has 194 valence electrons. The molecule has 0 unspecified atom stereocenters. The zero-order valence-electron chi connectivity index (χ0n) is 20.6. The molecule has 0 radical (unpaired) electrons. The predicted molar refractivity (Wildman–Crippen MR) is 140 cm³/mol. The second kappa shape index (κ2) is 13.8. The molecule has 0 spiro atoms. The molecule has 1 aromatic carbocycles. The smallest absolute Gasteiger partial charge is 0.247 e. The average Bonchev–Trinajstić information content (AvgIpc) is 2.84. The van der Waals surface area contributed by atoms with Crippen LogP contribution in [0.3, 0.4) is 0 Å². The number of carbonyl (C=O) groups is 3. The Bertz CT molecular complexity index is 935. The summed E-state index contributed by atoms with van der Waals surface area (Å²) in [6, 6.07) is 2.49. The molecule has 2 rings (SSSR count). The minimum atomic E-state index is -1.11. The van der Waals surface area contributed by atoms with E-state index < -0.39 is 24.2 Å². The molecule has 1 aliphatic rings. The van der Waals surface area contributed by atoms with Gasteiger partial charge in [0.25, 0.3) is 0 Å². The van der Waals surface area contributed by atoms with Gasteiger partial charge in [-0.25, -0.2) is 0 Å². The van der Waals surface area contributed by atoms with Crippen LogP contribution >= 0.6 is 22.6 Å². The van der Waals surface area contributed by atoms with Crippen LogP contribution in [0, 0.1) is 9.49 Å². The Labute approximate surface area is 220 Å². The van der Waals surface area contributed by atoms with Crippen LogP contribution in [0.5, 0.6) is 11.5 Å². The number of carbonyl (C=O) groups excluding carboxylic acids is 3. The molecule has 0 bridgehead atoms. The van der Waals surface area contributed by atoms with E-state index in [9.17, 15) is 19.5 Å². The van der Waals surface area contributed by atoms with E-state index in [1.54, 1.807) is 24.0 Å². The van der Waals surface area contributed by atoms with Gasteiger partial charge in [-0.1, -0.05) is 20.8 Å². The average molecular weight is 602 g/mol. The summed E-state index contributed by atoms with van der Waals surface area (Å²) in [6.45, 7) is 6.20. The van der Waals surface area contributed by atoms with E-state index in [1.807, 2.05) is 22.6 Å². The van der Waals surface area contributed by atoms with E-state index in [0.717, 1.165) is 6.42 Å². The van der Waals surface area contributed by atoms with Crippen molar-refractivity contribution in [1.29, 1.82) is 0 Å². The fraction of sp³-hybridized carbons (Fsp3) is 0.560. The Hall–Kier alpha value is -2.18. The molecule has 9 nitrogen and oxygen atoms in total. The molecule has 3 N–H and O–H groups in total. The number of aldehydes is 1. The highest BCUT2D eigenvalue weighted by atomic mass is 127. The highest BCUT2D eigenvalue weighted by molar-refractivity contribution is 14.1. The third-order valence-electron chi connectivity index (χ3n) is 5.83. The number of halogens is 1. The van der Waals surface area contributed by atoms with Gasteiger partial charge in [-0.3, -0.25) is 14.4 Å². The Morgan fingerprint density at radius 3 is 2.63 bits per heavy atom. The van der Waals surface area contributed by atoms with Gasteiger partial charge in [0.05, 0.1) is 23.3 Å². The molecule has 0 aromatic heterocycles. The summed E-state index contributed by atoms with van der Waals surface area (Å²) in [5, 5.41) is 23.1. The number of nitrogens with one attached hydrogen (secondary N) is 1. The second-order valence-electron chi connectivity index (χ2n) is 8.79. The van der Waals surface area contributed by atoms with Crippen molar-refractivity contribution in [3.8, 4) is 11.5 Å². The maximum atomic E-state index is 12.9. The third-order valence-corrected chi connectivity index (χ3v) is 6.63. The molecule has 0 fully saturated rings. The first kappa shape index (κ1) is 29.1. The minimum absolute atomic E-state index is 0.0821. The van der Waals surface area contributed by atoms with Gasteiger partial charge < -0.3 is 29.9 Å². The summed E-state index contributed by atoms with van der Waals surface area (Å²) in [4.78, 5) is 38.6. The molecule has 0 saturated carbocycles. The lowest BCUT2D eigenvalue weighted by Gasteiger charge is -2.41. The van der Waals surface area contributed by atoms with E-state index in [2.05, 4.69) is 19.2 Å². The summed E-state index contributed by atoms with van der Waals surface area (Å²) in [7, 11) is 1.45. The number of hydrogen-bond acceptors (Lipinski definition) is 7. The number of aliphatic hydroxyl groups excluding tert-OH is 2. The van der Waals surface area contributed by atoms with Gasteiger partial charge in [-0.15, -0.1) is 0 Å². The number of ether oxygens (including phenoxy) is 2. The second-order valence-corrected chi connectivity index (χ2v) is 9.95. The van der Waals surface area contributed by atoms with Crippen LogP contribution in [0.4, 0.5) is 0 Å². The van der Waals surface area contributed by atoms with Gasteiger partial charge in [0.15, 0.2) is 11.5 Å². The van der Waals surface area contributed by atoms with Crippen LogP contribution in [0.1, 0.15) is 50.4 Å². The largest absolute Gasteiger partial charge is 0.493 e. The van der Waals surface area contributed by atoms with E-state index in [0.29, 0.717) is 45.0 Å². The molecule has 2 amide bonds. The summed E-state index contributed by atoms with van der Waals surface area (Å²) in [5.41, 5.74) is 0.768. The molecule has 1 aliphatic carbocycles. The van der Waals surface area contributed by atoms with Crippen molar-refractivity contribution in [3.05, 3.63) is 32.9 Å². The van der Waals surface area contributed by atoms with Crippen LogP contribution in [0.2, 0.25) is 0 Å². The van der Waals surface area contributed by atoms with Crippen molar-refractivity contribution in [2.45, 2.75) is 58.3 Å². The van der Waals surface area contributed by atoms with Crippen molar-refractivity contribution in [1.82, 2.24) is 10.2 Å². The van der Waals surface area contributed by atoms with Crippen LogP contribution in [-0.2, 0) is 9.59 Å². The van der Waals surface area contributed by atoms with E-state index in [-0.39, 0.29) is 31.9 Å². The normalized spacial score (nSPS) is 19.7. The van der Waals surface area contributed by atoms with E-state index >= 15 is 0 Å². The van der Waals surface area contributed by atoms with Crippen LogP contribution in [-0.4, -0.2) is 78.3 Å². The van der Waals surface area contributed by atoms with Crippen molar-refractivity contribution in [2.24, 2.45) is 5.92 Å². The monoisotopic (exact) mass is 602 g/mol. The zero-order valence-corrected chi connectivity index (χ0v) is 22.8. The molecule has 35 heavy (non-hydrogen) atoms. The molecule has 10 heteroatoms. The first-order valence-corrected chi connectivity index (χ1v) is 12.8. The van der Waals surface area contributed by atoms with Gasteiger partial charge in [0, 0.05) is 37.1 Å². The molecule has 0 aliphatic heterocycles. The van der Waals surface area contributed by atoms with Crippen LogP contribution in [0.15, 0.2) is 23.8 Å². The Morgan fingerprint density at radius 2 is 2.06 bits per heavy atom. The molecular weight excluding hydrogens is 567 g/mol. The predicted octanol–water partition coefficient (Wildman–Crippen LogP) is 2.31. The fourth-order valence-electron chi connectivity index (χ4n) is 3.91. The van der Waals surface area contributed by atoms with Crippen LogP contribution < -0.4 is 14.8 Å². The first-order valence-electron chi connectivity index (χ1n) is 11.7. The van der Waals surface area contributed by atoms with E-state index in [1.165, 1.54) is 13.2 Å². The number of methoxy groups -OCH3 is 1. The highest BCUT2D eigenvalue weighted by Gasteiger charge is 2.40. The summed E-state index contributed by atoms with van der Waals surface area (Å²) >= 11 is 2.02. The lowest BCUT2D eigenvalue weighted by atomic mass is 9.87. The lowest BCUT2D eigenvalue weighted by molar-refractivity contribution is -0.138. The number of nitrogens with zero attached hydrogens (tertiary/aromatic N) is 1. The summed E-state index contributed by atoms with van der Waals surface area (Å²) < 4.78 is 12.2. The maximum Gasteiger partial charge on any atom is 0.247 e. The quantitative estimate of drug-likeness (QED) is 0.248. The van der Waals surface area contributed by atoms with Crippen LogP contribution in [0.25, 0.3) is 0 Å². The molecule has 0 saturated heterocycles. The molecule has 1 aromatic rings. The molecule has 3 atom stereocenters. The maximum absolute atomic E-state index is 12.9. The first-order chi connectivity index (χ1) is 16.7. The highest BCUT2D eigenvalue weighted by Crippen LogP contribution is 2.37. The van der Waals surface area contributed by atoms with Crippen molar-refractivity contribution in [3.63, 3.8) is 0 Å². The summed E-state index contributed by atoms with van der Waals surface area (Å²) in [6.07, 6.45) is 1.34. The number of amides is 2. The molecular formula is C25H35IN2O7. The fourth-order valence-corrected chi connectivity index (χ4v) is 4.67. The number of benzene rings is 1. The van der Waals surface area contributed by atoms with Gasteiger partial charge in [-0.2, -0.15) is 0 Å². The Kier molecular flexibility index (Phi) is 11.4. The number of aliphatic hydroxyl groups is 2. The zero-order chi connectivity index (χ0) is 26.1. The minimum Gasteiger partial charge on any atom is -0.493 e. The standard InChI is InChI=1S/C25H35IN2O7/c1-5-22(31)28(8-6-15(2)3)19-12-17(25(33)27-7-9-29)13-20(23(19)32)35-24-18(26)10-16(14-30)11-21(24)34-4/h10-11,13-15,19-20,23,29,32H,5-9,12H2,1-4H3,(H,27,33)/t19-,20+,23+/m1/s1. The van der Waals surface area contributed by atoms with Gasteiger partial charge in [0.2, 0.25) is 11.8 Å². The number of rotatable bonds is 12. The lowest BCUT2D eigenvalue weighted by Crippen LogP contribution is -2.55. The van der Waals surface area contributed by atoms with Crippen molar-refractivity contribution < 1.29 is 34.1 Å². The summed E-state index contributed by atoms with van der Waals surface area (Å²) in [5.74, 6) is 0.475. The van der Waals surface area contributed by atoms with Gasteiger partial charge >= 0.3 is 0 Å². The van der Waals surface area contributed by atoms with Crippen molar-refractivity contribution >= 4 is 40.7 Å². The third kappa shape index (κ3) is 7.65. The van der Waals surface area contributed by atoms with Gasteiger partial charge in [-0.05, 0) is 53.1 Å².